The minimum absolute atomic E-state index is 0.118. The Morgan fingerprint density at radius 1 is 1.44 bits per heavy atom. The maximum Gasteiger partial charge on any atom is 0.222 e. The van der Waals surface area contributed by atoms with Crippen LogP contribution in [0.3, 0.4) is 0 Å². The van der Waals surface area contributed by atoms with E-state index in [2.05, 4.69) is 16.3 Å². The molecular formula is C19H30N2O4. The number of benzene rings is 1. The van der Waals surface area contributed by atoms with Crippen LogP contribution in [-0.2, 0) is 22.7 Å². The van der Waals surface area contributed by atoms with Crippen LogP contribution in [-0.4, -0.2) is 55.4 Å². The Morgan fingerprint density at radius 3 is 2.92 bits per heavy atom. The van der Waals surface area contributed by atoms with Gasteiger partial charge in [-0.3, -0.25) is 9.69 Å². The summed E-state index contributed by atoms with van der Waals surface area (Å²) >= 11 is 0. The molecule has 1 fully saturated rings. The summed E-state index contributed by atoms with van der Waals surface area (Å²) in [7, 11) is 3.26. The van der Waals surface area contributed by atoms with Crippen LogP contribution < -0.4 is 10.1 Å². The van der Waals surface area contributed by atoms with E-state index >= 15 is 0 Å². The van der Waals surface area contributed by atoms with Gasteiger partial charge in [0.05, 0.1) is 25.7 Å². The van der Waals surface area contributed by atoms with Gasteiger partial charge >= 0.3 is 0 Å². The topological polar surface area (TPSA) is 71.0 Å². The van der Waals surface area contributed by atoms with Gasteiger partial charge in [0, 0.05) is 32.3 Å². The van der Waals surface area contributed by atoms with Crippen molar-refractivity contribution in [1.29, 1.82) is 0 Å². The highest BCUT2D eigenvalue weighted by molar-refractivity contribution is 5.76. The minimum atomic E-state index is -0.945. The van der Waals surface area contributed by atoms with Crippen molar-refractivity contribution in [3.63, 3.8) is 0 Å². The molecule has 0 bridgehead atoms. The van der Waals surface area contributed by atoms with Gasteiger partial charge in [0.2, 0.25) is 5.91 Å². The Bertz CT molecular complexity index is 579. The van der Waals surface area contributed by atoms with Crippen molar-refractivity contribution in [2.75, 3.05) is 33.9 Å². The zero-order valence-corrected chi connectivity index (χ0v) is 15.5. The molecule has 25 heavy (non-hydrogen) atoms. The molecule has 140 valence electrons. The Kier molecular flexibility index (Phi) is 7.23. The first-order chi connectivity index (χ1) is 12.0. The number of carbonyl (C=O) groups excluding carboxylic acids is 1. The van der Waals surface area contributed by atoms with E-state index in [4.69, 9.17) is 9.47 Å². The molecule has 1 aromatic carbocycles. The number of β-amino-alcohol motifs (C(OH)–C–C–N with tert-alkyl or cyclic N) is 1. The number of likely N-dealkylation sites (tertiary alicyclic amines) is 1. The lowest BCUT2D eigenvalue weighted by Gasteiger charge is -2.39. The van der Waals surface area contributed by atoms with Crippen LogP contribution in [0.4, 0.5) is 0 Å². The molecule has 0 aliphatic carbocycles. The highest BCUT2D eigenvalue weighted by Gasteiger charge is 2.35. The second-order valence-electron chi connectivity index (χ2n) is 6.67. The van der Waals surface area contributed by atoms with Crippen molar-refractivity contribution >= 4 is 5.91 Å². The van der Waals surface area contributed by atoms with Crippen LogP contribution in [0.5, 0.6) is 5.75 Å². The molecular weight excluding hydrogens is 320 g/mol. The lowest BCUT2D eigenvalue weighted by Crippen LogP contribution is -2.49. The SMILES string of the molecule is CCOCc1cc(CN2CCCC(O)(CC(=O)NC)C2)ccc1OC. The summed E-state index contributed by atoms with van der Waals surface area (Å²) in [6.07, 6.45) is 1.70. The minimum Gasteiger partial charge on any atom is -0.496 e. The number of methoxy groups -OCH3 is 1. The fourth-order valence-electron chi connectivity index (χ4n) is 3.39. The number of hydrogen-bond acceptors (Lipinski definition) is 5. The van der Waals surface area contributed by atoms with E-state index in [1.165, 1.54) is 0 Å². The molecule has 0 radical (unpaired) electrons. The summed E-state index contributed by atoms with van der Waals surface area (Å²) in [5, 5.41) is 13.3. The second kappa shape index (κ2) is 9.17. The van der Waals surface area contributed by atoms with Crippen LogP contribution >= 0.6 is 0 Å². The molecule has 0 aromatic heterocycles. The van der Waals surface area contributed by atoms with Crippen LogP contribution in [0.1, 0.15) is 37.3 Å². The Balaban J connectivity index is 2.04. The van der Waals surface area contributed by atoms with Crippen molar-refractivity contribution in [3.8, 4) is 5.75 Å². The Morgan fingerprint density at radius 2 is 2.24 bits per heavy atom. The van der Waals surface area contributed by atoms with Gasteiger partial charge in [-0.05, 0) is 44.0 Å². The molecule has 0 saturated carbocycles. The molecule has 1 amide bonds. The summed E-state index contributed by atoms with van der Waals surface area (Å²) in [6.45, 7) is 5.31. The fourth-order valence-corrected chi connectivity index (χ4v) is 3.39. The van der Waals surface area contributed by atoms with Gasteiger partial charge in [-0.25, -0.2) is 0 Å². The van der Waals surface area contributed by atoms with Gasteiger partial charge < -0.3 is 19.9 Å². The summed E-state index contributed by atoms with van der Waals surface area (Å²) in [4.78, 5) is 13.9. The van der Waals surface area contributed by atoms with Gasteiger partial charge in [0.15, 0.2) is 0 Å². The molecule has 0 spiro atoms. The third-order valence-electron chi connectivity index (χ3n) is 4.62. The van der Waals surface area contributed by atoms with Crippen molar-refractivity contribution in [2.45, 2.75) is 44.9 Å². The van der Waals surface area contributed by atoms with Crippen LogP contribution in [0.15, 0.2) is 18.2 Å². The van der Waals surface area contributed by atoms with Gasteiger partial charge in [0.25, 0.3) is 0 Å². The number of nitrogens with one attached hydrogen (secondary N) is 1. The number of piperidine rings is 1. The van der Waals surface area contributed by atoms with E-state index in [1.807, 2.05) is 19.1 Å². The molecule has 1 atom stereocenters. The number of nitrogens with zero attached hydrogens (tertiary/aromatic N) is 1. The summed E-state index contributed by atoms with van der Waals surface area (Å²) in [5.74, 6) is 0.708. The molecule has 1 aromatic rings. The summed E-state index contributed by atoms with van der Waals surface area (Å²) < 4.78 is 10.9. The number of aliphatic hydroxyl groups is 1. The Hall–Kier alpha value is -1.63. The smallest absolute Gasteiger partial charge is 0.222 e. The van der Waals surface area contributed by atoms with E-state index < -0.39 is 5.60 Å². The Labute approximate surface area is 150 Å². The maximum atomic E-state index is 11.6. The lowest BCUT2D eigenvalue weighted by molar-refractivity contribution is -0.128. The van der Waals surface area contributed by atoms with Crippen molar-refractivity contribution in [1.82, 2.24) is 10.2 Å². The molecule has 6 nitrogen and oxygen atoms in total. The van der Waals surface area contributed by atoms with E-state index in [-0.39, 0.29) is 12.3 Å². The first-order valence-corrected chi connectivity index (χ1v) is 8.88. The predicted molar refractivity (Wildman–Crippen MR) is 96.5 cm³/mol. The highest BCUT2D eigenvalue weighted by Crippen LogP contribution is 2.27. The zero-order chi connectivity index (χ0) is 18.3. The third kappa shape index (κ3) is 5.70. The third-order valence-corrected chi connectivity index (χ3v) is 4.62. The van der Waals surface area contributed by atoms with Crippen LogP contribution in [0.25, 0.3) is 0 Å². The normalized spacial score (nSPS) is 21.1. The van der Waals surface area contributed by atoms with Crippen molar-refractivity contribution in [3.05, 3.63) is 29.3 Å². The summed E-state index contributed by atoms with van der Waals surface area (Å²) in [5.41, 5.74) is 1.23. The first-order valence-electron chi connectivity index (χ1n) is 8.88. The summed E-state index contributed by atoms with van der Waals surface area (Å²) in [6, 6.07) is 6.10. The zero-order valence-electron chi connectivity index (χ0n) is 15.5. The van der Waals surface area contributed by atoms with Gasteiger partial charge in [-0.15, -0.1) is 0 Å². The monoisotopic (exact) mass is 350 g/mol. The number of rotatable bonds is 8. The molecule has 2 N–H and O–H groups in total. The van der Waals surface area contributed by atoms with Gasteiger partial charge in [0.1, 0.15) is 5.75 Å². The molecule has 1 aliphatic rings. The van der Waals surface area contributed by atoms with E-state index in [0.717, 1.165) is 36.4 Å². The number of ether oxygens (including phenoxy) is 2. The first kappa shape index (κ1) is 19.7. The van der Waals surface area contributed by atoms with E-state index in [0.29, 0.717) is 26.2 Å². The molecule has 1 unspecified atom stereocenters. The number of hydrogen-bond donors (Lipinski definition) is 2. The molecule has 1 aliphatic heterocycles. The largest absolute Gasteiger partial charge is 0.496 e. The average molecular weight is 350 g/mol. The van der Waals surface area contributed by atoms with E-state index in [9.17, 15) is 9.90 Å². The molecule has 6 heteroatoms. The van der Waals surface area contributed by atoms with Crippen LogP contribution in [0.2, 0.25) is 0 Å². The van der Waals surface area contributed by atoms with Crippen molar-refractivity contribution in [2.24, 2.45) is 0 Å². The number of carbonyl (C=O) groups is 1. The highest BCUT2D eigenvalue weighted by atomic mass is 16.5. The maximum absolute atomic E-state index is 11.6. The molecule has 1 saturated heterocycles. The molecule has 2 rings (SSSR count). The lowest BCUT2D eigenvalue weighted by atomic mass is 9.89. The number of amides is 1. The van der Waals surface area contributed by atoms with Gasteiger partial charge in [-0.1, -0.05) is 6.07 Å². The predicted octanol–water partition coefficient (Wildman–Crippen LogP) is 1.69. The fraction of sp³-hybridized carbons (Fsp3) is 0.632. The molecule has 1 heterocycles. The standard InChI is InChI=1S/C19H30N2O4/c1-4-25-13-16-10-15(6-7-17(16)24-3)12-21-9-5-8-19(23,14-21)11-18(22)20-2/h6-7,10,23H,4-5,8-9,11-14H2,1-3H3,(H,20,22). The second-order valence-corrected chi connectivity index (χ2v) is 6.67. The van der Waals surface area contributed by atoms with Gasteiger partial charge in [-0.2, -0.15) is 0 Å². The van der Waals surface area contributed by atoms with Crippen LogP contribution in [0, 0.1) is 0 Å². The average Bonchev–Trinajstić information content (AvgIpc) is 2.59. The van der Waals surface area contributed by atoms with Crippen molar-refractivity contribution < 1.29 is 19.4 Å². The van der Waals surface area contributed by atoms with E-state index in [1.54, 1.807) is 14.2 Å². The quantitative estimate of drug-likeness (QED) is 0.747.